The van der Waals surface area contributed by atoms with E-state index in [1.165, 1.54) is 0 Å². The van der Waals surface area contributed by atoms with E-state index in [1.807, 2.05) is 36.4 Å². The summed E-state index contributed by atoms with van der Waals surface area (Å²) in [5, 5.41) is 18.3. The maximum absolute atomic E-state index is 10.1. The molecule has 0 fully saturated rings. The van der Waals surface area contributed by atoms with E-state index in [1.54, 1.807) is 12.2 Å². The number of aromatic amines is 1. The molecule has 0 unspecified atom stereocenters. The number of nitrogens with one attached hydrogen (secondary N) is 2. The van der Waals surface area contributed by atoms with E-state index in [9.17, 15) is 4.79 Å². The highest BCUT2D eigenvalue weighted by Gasteiger charge is 1.98. The Hall–Kier alpha value is -2.76. The zero-order valence-corrected chi connectivity index (χ0v) is 10.0. The smallest absolute Gasteiger partial charge is 0.450 e. The number of rotatable bonds is 5. The standard InChI is InChI=1S/C13H13N3O3/c17-13(18)19-8-4-7-11-9-12(16-15-11)14-10-5-2-1-3-6-10/h1-7,9H,8H2,(H,17,18)(H2,14,15,16). The van der Waals surface area contributed by atoms with E-state index < -0.39 is 6.16 Å². The zero-order chi connectivity index (χ0) is 13.5. The first kappa shape index (κ1) is 12.7. The van der Waals surface area contributed by atoms with Crippen molar-refractivity contribution in [1.82, 2.24) is 10.2 Å². The van der Waals surface area contributed by atoms with Crippen LogP contribution in [0.4, 0.5) is 16.3 Å². The fraction of sp³-hybridized carbons (Fsp3) is 0.0769. The summed E-state index contributed by atoms with van der Waals surface area (Å²) in [6.45, 7) is 0.00972. The van der Waals surface area contributed by atoms with Crippen LogP contribution in [0.3, 0.4) is 0 Å². The topological polar surface area (TPSA) is 87.2 Å². The van der Waals surface area contributed by atoms with Crippen LogP contribution in [0.25, 0.3) is 6.08 Å². The molecule has 1 heterocycles. The molecule has 3 N–H and O–H groups in total. The molecule has 0 spiro atoms. The van der Waals surface area contributed by atoms with E-state index in [4.69, 9.17) is 5.11 Å². The molecule has 0 saturated carbocycles. The molecule has 6 heteroatoms. The van der Waals surface area contributed by atoms with Gasteiger partial charge in [0, 0.05) is 11.8 Å². The van der Waals surface area contributed by atoms with Crippen LogP contribution in [0.1, 0.15) is 5.69 Å². The van der Waals surface area contributed by atoms with Gasteiger partial charge in [0.1, 0.15) is 6.61 Å². The Kier molecular flexibility index (Phi) is 4.17. The van der Waals surface area contributed by atoms with Crippen molar-refractivity contribution in [2.24, 2.45) is 0 Å². The molecule has 6 nitrogen and oxygen atoms in total. The first-order valence-corrected chi connectivity index (χ1v) is 5.64. The molecular weight excluding hydrogens is 246 g/mol. The summed E-state index contributed by atoms with van der Waals surface area (Å²) >= 11 is 0. The lowest BCUT2D eigenvalue weighted by Gasteiger charge is -2.00. The average molecular weight is 259 g/mol. The van der Waals surface area contributed by atoms with Crippen LogP contribution in [0, 0.1) is 0 Å². The Morgan fingerprint density at radius 1 is 1.42 bits per heavy atom. The Morgan fingerprint density at radius 3 is 2.95 bits per heavy atom. The van der Waals surface area contributed by atoms with Gasteiger partial charge in [-0.1, -0.05) is 18.2 Å². The molecule has 2 aromatic rings. The average Bonchev–Trinajstić information content (AvgIpc) is 2.83. The lowest BCUT2D eigenvalue weighted by Crippen LogP contribution is -1.98. The molecule has 19 heavy (non-hydrogen) atoms. The second kappa shape index (κ2) is 6.25. The number of hydrogen-bond donors (Lipinski definition) is 3. The van der Waals surface area contributed by atoms with E-state index in [0.29, 0.717) is 5.82 Å². The molecule has 0 atom stereocenters. The van der Waals surface area contributed by atoms with E-state index in [-0.39, 0.29) is 6.61 Å². The van der Waals surface area contributed by atoms with Crippen molar-refractivity contribution in [3.8, 4) is 0 Å². The first-order valence-electron chi connectivity index (χ1n) is 5.64. The van der Waals surface area contributed by atoms with Gasteiger partial charge in [-0.05, 0) is 24.3 Å². The third-order valence-electron chi connectivity index (χ3n) is 2.24. The quantitative estimate of drug-likeness (QED) is 0.719. The Bertz CT molecular complexity index is 564. The van der Waals surface area contributed by atoms with Crippen molar-refractivity contribution in [3.63, 3.8) is 0 Å². The number of benzene rings is 1. The second-order valence-electron chi connectivity index (χ2n) is 3.68. The van der Waals surface area contributed by atoms with Gasteiger partial charge >= 0.3 is 6.16 Å². The molecule has 0 aliphatic carbocycles. The number of H-pyrrole nitrogens is 1. The summed E-state index contributed by atoms with van der Waals surface area (Å²) in [4.78, 5) is 10.1. The molecular formula is C13H13N3O3. The summed E-state index contributed by atoms with van der Waals surface area (Å²) in [6, 6.07) is 11.5. The number of carbonyl (C=O) groups is 1. The maximum atomic E-state index is 10.1. The summed E-state index contributed by atoms with van der Waals surface area (Å²) in [5.74, 6) is 0.685. The fourth-order valence-corrected chi connectivity index (χ4v) is 1.45. The number of carboxylic acid groups (broad SMARTS) is 1. The lowest BCUT2D eigenvalue weighted by molar-refractivity contribution is 0.102. The highest BCUT2D eigenvalue weighted by molar-refractivity contribution is 5.59. The summed E-state index contributed by atoms with van der Waals surface area (Å²) < 4.78 is 4.35. The second-order valence-corrected chi connectivity index (χ2v) is 3.68. The predicted octanol–water partition coefficient (Wildman–Crippen LogP) is 2.86. The van der Waals surface area contributed by atoms with Crippen molar-refractivity contribution in [3.05, 3.63) is 48.2 Å². The van der Waals surface area contributed by atoms with Gasteiger partial charge in [0.25, 0.3) is 0 Å². The van der Waals surface area contributed by atoms with E-state index in [0.717, 1.165) is 11.4 Å². The van der Waals surface area contributed by atoms with Crippen LogP contribution in [-0.4, -0.2) is 28.1 Å². The molecule has 0 aliphatic heterocycles. The normalized spacial score (nSPS) is 10.5. The van der Waals surface area contributed by atoms with Crippen molar-refractivity contribution in [2.75, 3.05) is 11.9 Å². The molecule has 98 valence electrons. The van der Waals surface area contributed by atoms with Crippen LogP contribution in [0.2, 0.25) is 0 Å². The Labute approximate surface area is 109 Å². The van der Waals surface area contributed by atoms with E-state index >= 15 is 0 Å². The minimum atomic E-state index is -1.29. The highest BCUT2D eigenvalue weighted by atomic mass is 16.7. The van der Waals surface area contributed by atoms with E-state index in [2.05, 4.69) is 20.3 Å². The molecule has 0 bridgehead atoms. The fourth-order valence-electron chi connectivity index (χ4n) is 1.45. The molecule has 0 aliphatic rings. The van der Waals surface area contributed by atoms with Gasteiger partial charge in [-0.15, -0.1) is 0 Å². The number of nitrogens with zero attached hydrogens (tertiary/aromatic N) is 1. The minimum absolute atomic E-state index is 0.00972. The number of hydrogen-bond acceptors (Lipinski definition) is 4. The monoisotopic (exact) mass is 259 g/mol. The van der Waals surface area contributed by atoms with Crippen LogP contribution >= 0.6 is 0 Å². The summed E-state index contributed by atoms with van der Waals surface area (Å²) in [7, 11) is 0. The lowest BCUT2D eigenvalue weighted by atomic mass is 10.3. The van der Waals surface area contributed by atoms with Gasteiger partial charge in [-0.25, -0.2) is 4.79 Å². The number of ether oxygens (including phenoxy) is 1. The summed E-state index contributed by atoms with van der Waals surface area (Å²) in [5.41, 5.74) is 1.70. The Balaban J connectivity index is 1.90. The van der Waals surface area contributed by atoms with Crippen LogP contribution in [0.15, 0.2) is 42.5 Å². The van der Waals surface area contributed by atoms with Crippen molar-refractivity contribution < 1.29 is 14.6 Å². The zero-order valence-electron chi connectivity index (χ0n) is 10.0. The maximum Gasteiger partial charge on any atom is 0.506 e. The van der Waals surface area contributed by atoms with Gasteiger partial charge in [-0.2, -0.15) is 5.10 Å². The molecule has 2 rings (SSSR count). The van der Waals surface area contributed by atoms with Gasteiger partial charge < -0.3 is 15.2 Å². The molecule has 1 aromatic heterocycles. The van der Waals surface area contributed by atoms with Crippen LogP contribution in [-0.2, 0) is 4.74 Å². The third kappa shape index (κ3) is 4.19. The van der Waals surface area contributed by atoms with Crippen molar-refractivity contribution in [1.29, 1.82) is 0 Å². The van der Waals surface area contributed by atoms with Crippen LogP contribution < -0.4 is 5.32 Å². The molecule has 0 amide bonds. The minimum Gasteiger partial charge on any atom is -0.450 e. The number of para-hydroxylation sites is 1. The number of aromatic nitrogens is 2. The molecule has 0 radical (unpaired) electrons. The largest absolute Gasteiger partial charge is 0.506 e. The van der Waals surface area contributed by atoms with Gasteiger partial charge in [0.15, 0.2) is 5.82 Å². The predicted molar refractivity (Wildman–Crippen MR) is 71.3 cm³/mol. The number of anilines is 2. The van der Waals surface area contributed by atoms with Crippen LogP contribution in [0.5, 0.6) is 0 Å². The summed E-state index contributed by atoms with van der Waals surface area (Å²) in [6.07, 6.45) is 2.00. The molecule has 0 saturated heterocycles. The molecule has 1 aromatic carbocycles. The van der Waals surface area contributed by atoms with Gasteiger partial charge in [-0.3, -0.25) is 5.10 Å². The van der Waals surface area contributed by atoms with Gasteiger partial charge in [0.2, 0.25) is 0 Å². The van der Waals surface area contributed by atoms with Crippen molar-refractivity contribution in [2.45, 2.75) is 0 Å². The third-order valence-corrected chi connectivity index (χ3v) is 2.24. The Morgan fingerprint density at radius 2 is 2.21 bits per heavy atom. The SMILES string of the molecule is O=C(O)OCC=Cc1cc(Nc2ccccc2)n[nH]1. The highest BCUT2D eigenvalue weighted by Crippen LogP contribution is 2.14. The first-order chi connectivity index (χ1) is 9.24. The van der Waals surface area contributed by atoms with Crippen molar-refractivity contribution >= 4 is 23.7 Å². The van der Waals surface area contributed by atoms with Gasteiger partial charge in [0.05, 0.1) is 5.69 Å².